The molecule has 0 bridgehead atoms. The van der Waals surface area contributed by atoms with Gasteiger partial charge in [-0.15, -0.1) is 24.0 Å². The molecule has 0 aromatic heterocycles. The summed E-state index contributed by atoms with van der Waals surface area (Å²) >= 11 is 0. The topological polar surface area (TPSA) is 70.6 Å². The molecule has 0 amide bonds. The quantitative estimate of drug-likeness (QED) is 0.351. The molecule has 0 aromatic carbocycles. The zero-order chi connectivity index (χ0) is 14.3. The van der Waals surface area contributed by atoms with Gasteiger partial charge >= 0.3 is 0 Å². The molecule has 1 aliphatic carbocycles. The van der Waals surface area contributed by atoms with Crippen LogP contribution in [0.4, 0.5) is 0 Å². The minimum Gasteiger partial charge on any atom is -0.388 e. The van der Waals surface area contributed by atoms with Crippen molar-refractivity contribution in [1.82, 2.24) is 5.32 Å². The molecule has 5 heteroatoms. The van der Waals surface area contributed by atoms with Gasteiger partial charge in [0.1, 0.15) is 0 Å². The van der Waals surface area contributed by atoms with E-state index in [1.54, 1.807) is 0 Å². The molecule has 1 fully saturated rings. The lowest BCUT2D eigenvalue weighted by Gasteiger charge is -2.20. The molecule has 120 valence electrons. The first-order chi connectivity index (χ1) is 8.91. The number of aliphatic hydroxyl groups is 1. The molecule has 1 atom stereocenters. The van der Waals surface area contributed by atoms with E-state index in [9.17, 15) is 5.11 Å². The van der Waals surface area contributed by atoms with Crippen molar-refractivity contribution < 1.29 is 5.11 Å². The molecule has 20 heavy (non-hydrogen) atoms. The van der Waals surface area contributed by atoms with Crippen LogP contribution in [0.2, 0.25) is 0 Å². The van der Waals surface area contributed by atoms with Gasteiger partial charge in [0.15, 0.2) is 5.96 Å². The predicted molar refractivity (Wildman–Crippen MR) is 96.6 cm³/mol. The summed E-state index contributed by atoms with van der Waals surface area (Å²) in [6, 6.07) is 0.348. The van der Waals surface area contributed by atoms with Crippen LogP contribution in [-0.4, -0.2) is 29.3 Å². The Balaban J connectivity index is 0.00000361. The molecule has 1 rings (SSSR count). The Morgan fingerprint density at radius 1 is 1.25 bits per heavy atom. The largest absolute Gasteiger partial charge is 0.388 e. The SMILES string of the molecule is CC(C)CCCC(C)NC(N)=NCC1(O)CCCC1.I. The number of guanidine groups is 1. The van der Waals surface area contributed by atoms with Crippen molar-refractivity contribution in [2.45, 2.75) is 77.4 Å². The van der Waals surface area contributed by atoms with Crippen LogP contribution in [-0.2, 0) is 0 Å². The van der Waals surface area contributed by atoms with Gasteiger partial charge in [-0.2, -0.15) is 0 Å². The third-order valence-electron chi connectivity index (χ3n) is 3.89. The van der Waals surface area contributed by atoms with E-state index < -0.39 is 5.60 Å². The highest BCUT2D eigenvalue weighted by molar-refractivity contribution is 14.0. The standard InChI is InChI=1S/C15H31N3O.HI/c1-12(2)7-6-8-13(3)18-14(16)17-11-15(19)9-4-5-10-15;/h12-13,19H,4-11H2,1-3H3,(H3,16,17,18);1H. The summed E-state index contributed by atoms with van der Waals surface area (Å²) in [4.78, 5) is 4.29. The number of nitrogens with one attached hydrogen (secondary N) is 1. The summed E-state index contributed by atoms with van der Waals surface area (Å²) < 4.78 is 0. The van der Waals surface area contributed by atoms with Gasteiger partial charge in [-0.05, 0) is 32.1 Å². The number of aliphatic imine (C=N–C) groups is 1. The van der Waals surface area contributed by atoms with Crippen LogP contribution in [0.25, 0.3) is 0 Å². The fraction of sp³-hybridized carbons (Fsp3) is 0.933. The molecule has 0 aliphatic heterocycles. The highest BCUT2D eigenvalue weighted by Gasteiger charge is 2.30. The maximum absolute atomic E-state index is 10.2. The van der Waals surface area contributed by atoms with Crippen molar-refractivity contribution in [3.63, 3.8) is 0 Å². The molecule has 4 nitrogen and oxygen atoms in total. The number of hydrogen-bond acceptors (Lipinski definition) is 2. The molecular formula is C15H32IN3O. The predicted octanol–water partition coefficient (Wildman–Crippen LogP) is 3.03. The van der Waals surface area contributed by atoms with Gasteiger partial charge in [-0.1, -0.05) is 39.5 Å². The summed E-state index contributed by atoms with van der Waals surface area (Å²) in [5, 5.41) is 13.4. The van der Waals surface area contributed by atoms with E-state index >= 15 is 0 Å². The molecule has 0 aromatic rings. The molecule has 4 N–H and O–H groups in total. The van der Waals surface area contributed by atoms with Crippen LogP contribution in [0.5, 0.6) is 0 Å². The Morgan fingerprint density at radius 2 is 1.85 bits per heavy atom. The molecule has 0 radical (unpaired) electrons. The Kier molecular flexibility index (Phi) is 9.80. The van der Waals surface area contributed by atoms with Gasteiger partial charge in [-0.3, -0.25) is 4.99 Å². The third-order valence-corrected chi connectivity index (χ3v) is 3.89. The third kappa shape index (κ3) is 8.29. The van der Waals surface area contributed by atoms with Crippen LogP contribution < -0.4 is 11.1 Å². The van der Waals surface area contributed by atoms with Crippen LogP contribution in [0, 0.1) is 5.92 Å². The lowest BCUT2D eigenvalue weighted by molar-refractivity contribution is 0.0574. The Bertz CT molecular complexity index is 289. The van der Waals surface area contributed by atoms with Crippen molar-refractivity contribution in [3.8, 4) is 0 Å². The lowest BCUT2D eigenvalue weighted by atomic mass is 10.0. The van der Waals surface area contributed by atoms with Crippen molar-refractivity contribution >= 4 is 29.9 Å². The molecule has 1 saturated carbocycles. The molecule has 1 unspecified atom stereocenters. The first kappa shape index (κ1) is 20.0. The summed E-state index contributed by atoms with van der Waals surface area (Å²) in [5.74, 6) is 1.23. The lowest BCUT2D eigenvalue weighted by Crippen LogP contribution is -2.40. The minimum atomic E-state index is -0.604. The second-order valence-electron chi connectivity index (χ2n) is 6.50. The fourth-order valence-electron chi connectivity index (χ4n) is 2.63. The average molecular weight is 397 g/mol. The maximum atomic E-state index is 10.2. The van der Waals surface area contributed by atoms with E-state index in [1.807, 2.05) is 0 Å². The van der Waals surface area contributed by atoms with E-state index in [2.05, 4.69) is 31.1 Å². The molecule has 0 saturated heterocycles. The van der Waals surface area contributed by atoms with Crippen LogP contribution in [0.15, 0.2) is 4.99 Å². The normalized spacial score (nSPS) is 19.8. The Morgan fingerprint density at radius 3 is 2.40 bits per heavy atom. The summed E-state index contributed by atoms with van der Waals surface area (Å²) in [6.45, 7) is 7.06. The minimum absolute atomic E-state index is 0. The van der Waals surface area contributed by atoms with E-state index in [0.29, 0.717) is 18.5 Å². The van der Waals surface area contributed by atoms with Crippen molar-refractivity contribution in [2.75, 3.05) is 6.54 Å². The summed E-state index contributed by atoms with van der Waals surface area (Å²) in [7, 11) is 0. The zero-order valence-corrected chi connectivity index (χ0v) is 15.5. The number of halogens is 1. The van der Waals surface area contributed by atoms with E-state index in [4.69, 9.17) is 5.73 Å². The van der Waals surface area contributed by atoms with Crippen LogP contribution in [0.1, 0.15) is 65.7 Å². The first-order valence-corrected chi connectivity index (χ1v) is 7.70. The van der Waals surface area contributed by atoms with Gasteiger partial charge in [0.05, 0.1) is 12.1 Å². The average Bonchev–Trinajstić information content (AvgIpc) is 2.74. The van der Waals surface area contributed by atoms with E-state index in [0.717, 1.165) is 38.0 Å². The highest BCUT2D eigenvalue weighted by Crippen LogP contribution is 2.29. The second-order valence-corrected chi connectivity index (χ2v) is 6.50. The summed E-state index contributed by atoms with van der Waals surface area (Å²) in [6.07, 6.45) is 7.49. The number of hydrogen-bond donors (Lipinski definition) is 3. The number of rotatable bonds is 7. The van der Waals surface area contributed by atoms with Gasteiger partial charge in [0.25, 0.3) is 0 Å². The van der Waals surface area contributed by atoms with Gasteiger partial charge in [-0.25, -0.2) is 0 Å². The van der Waals surface area contributed by atoms with Gasteiger partial charge in [0, 0.05) is 6.04 Å². The molecular weight excluding hydrogens is 365 g/mol. The summed E-state index contributed by atoms with van der Waals surface area (Å²) in [5.41, 5.74) is 5.27. The van der Waals surface area contributed by atoms with Crippen molar-refractivity contribution in [2.24, 2.45) is 16.6 Å². The van der Waals surface area contributed by atoms with E-state index in [1.165, 1.54) is 12.8 Å². The Labute approximate surface area is 141 Å². The Hall–Kier alpha value is -0.0400. The maximum Gasteiger partial charge on any atom is 0.188 e. The van der Waals surface area contributed by atoms with Crippen LogP contribution in [0.3, 0.4) is 0 Å². The number of nitrogens with two attached hydrogens (primary N) is 1. The molecule has 1 aliphatic rings. The van der Waals surface area contributed by atoms with Gasteiger partial charge in [0.2, 0.25) is 0 Å². The molecule has 0 spiro atoms. The number of nitrogens with zero attached hydrogens (tertiary/aromatic N) is 1. The molecule has 0 heterocycles. The second kappa shape index (κ2) is 9.82. The first-order valence-electron chi connectivity index (χ1n) is 7.70. The zero-order valence-electron chi connectivity index (χ0n) is 13.2. The van der Waals surface area contributed by atoms with Crippen molar-refractivity contribution in [3.05, 3.63) is 0 Å². The van der Waals surface area contributed by atoms with Crippen LogP contribution >= 0.6 is 24.0 Å². The highest BCUT2D eigenvalue weighted by atomic mass is 127. The van der Waals surface area contributed by atoms with E-state index in [-0.39, 0.29) is 24.0 Å². The van der Waals surface area contributed by atoms with Gasteiger partial charge < -0.3 is 16.2 Å². The van der Waals surface area contributed by atoms with Crippen molar-refractivity contribution in [1.29, 1.82) is 0 Å². The monoisotopic (exact) mass is 397 g/mol. The smallest absolute Gasteiger partial charge is 0.188 e. The fourth-order valence-corrected chi connectivity index (χ4v) is 2.63.